The molecular weight excluding hydrogens is 217 g/mol. The number of ether oxygens (including phenoxy) is 1. The third kappa shape index (κ3) is 3.36. The average Bonchev–Trinajstić information content (AvgIpc) is 1.99. The first kappa shape index (κ1) is 12.3. The lowest BCUT2D eigenvalue weighted by molar-refractivity contribution is 0.401. The van der Waals surface area contributed by atoms with Crippen molar-refractivity contribution in [2.24, 2.45) is 5.73 Å². The Bertz CT molecular complexity index is 360. The Labute approximate surface area is 94.2 Å². The quantitative estimate of drug-likeness (QED) is 0.868. The number of rotatable bonds is 3. The summed E-state index contributed by atoms with van der Waals surface area (Å²) in [6.07, 6.45) is 0.508. The summed E-state index contributed by atoms with van der Waals surface area (Å²) in [4.78, 5) is 0. The summed E-state index contributed by atoms with van der Waals surface area (Å²) in [6, 6.07) is 2.63. The van der Waals surface area contributed by atoms with Gasteiger partial charge >= 0.3 is 0 Å². The van der Waals surface area contributed by atoms with Gasteiger partial charge in [-0.3, -0.25) is 0 Å². The van der Waals surface area contributed by atoms with Crippen molar-refractivity contribution < 1.29 is 9.13 Å². The van der Waals surface area contributed by atoms with E-state index >= 15 is 0 Å². The number of benzene rings is 1. The summed E-state index contributed by atoms with van der Waals surface area (Å²) in [7, 11) is 1.51. The van der Waals surface area contributed by atoms with Gasteiger partial charge in [0, 0.05) is 11.1 Å². The van der Waals surface area contributed by atoms with Crippen LogP contribution in [0.4, 0.5) is 4.39 Å². The van der Waals surface area contributed by atoms with Crippen LogP contribution in [0.3, 0.4) is 0 Å². The average molecular weight is 232 g/mol. The molecule has 0 unspecified atom stereocenters. The minimum atomic E-state index is -0.426. The number of hydrogen-bond donors (Lipinski definition) is 1. The largest absolute Gasteiger partial charge is 0.495 e. The van der Waals surface area contributed by atoms with Gasteiger partial charge in [0.25, 0.3) is 0 Å². The first-order chi connectivity index (χ1) is 6.83. The van der Waals surface area contributed by atoms with E-state index in [0.29, 0.717) is 17.7 Å². The summed E-state index contributed by atoms with van der Waals surface area (Å²) < 4.78 is 18.3. The molecule has 0 atom stereocenters. The number of methoxy groups -OCH3 is 1. The van der Waals surface area contributed by atoms with E-state index in [4.69, 9.17) is 22.1 Å². The van der Waals surface area contributed by atoms with Gasteiger partial charge in [0.1, 0.15) is 11.6 Å². The van der Waals surface area contributed by atoms with Crippen LogP contribution in [0.25, 0.3) is 0 Å². The Balaban J connectivity index is 3.15. The summed E-state index contributed by atoms with van der Waals surface area (Å²) in [5.74, 6) is 0.122. The van der Waals surface area contributed by atoms with Crippen LogP contribution >= 0.6 is 11.6 Å². The molecule has 0 amide bonds. The van der Waals surface area contributed by atoms with Crippen LogP contribution in [0.1, 0.15) is 19.4 Å². The summed E-state index contributed by atoms with van der Waals surface area (Å²) >= 11 is 5.86. The highest BCUT2D eigenvalue weighted by atomic mass is 35.5. The van der Waals surface area contributed by atoms with Gasteiger partial charge in [-0.05, 0) is 32.4 Å². The fourth-order valence-corrected chi connectivity index (χ4v) is 1.77. The summed E-state index contributed by atoms with van der Waals surface area (Å²) in [5, 5.41) is 0.275. The van der Waals surface area contributed by atoms with Crippen molar-refractivity contribution in [3.8, 4) is 5.75 Å². The molecule has 0 spiro atoms. The van der Waals surface area contributed by atoms with Gasteiger partial charge in [-0.15, -0.1) is 0 Å². The van der Waals surface area contributed by atoms with Crippen LogP contribution in [-0.2, 0) is 6.42 Å². The Hall–Kier alpha value is -0.800. The molecule has 0 saturated carbocycles. The van der Waals surface area contributed by atoms with Crippen LogP contribution < -0.4 is 10.5 Å². The van der Waals surface area contributed by atoms with E-state index in [9.17, 15) is 4.39 Å². The Morgan fingerprint density at radius 1 is 1.47 bits per heavy atom. The lowest BCUT2D eigenvalue weighted by Gasteiger charge is -2.20. The van der Waals surface area contributed by atoms with Gasteiger partial charge in [-0.1, -0.05) is 11.6 Å². The third-order valence-corrected chi connectivity index (χ3v) is 2.22. The van der Waals surface area contributed by atoms with Crippen molar-refractivity contribution in [3.05, 3.63) is 28.5 Å². The maximum atomic E-state index is 13.1. The van der Waals surface area contributed by atoms with Gasteiger partial charge < -0.3 is 10.5 Å². The van der Waals surface area contributed by atoms with E-state index in [0.717, 1.165) is 0 Å². The normalized spacial score (nSPS) is 11.6. The topological polar surface area (TPSA) is 35.2 Å². The SMILES string of the molecule is COc1c(Cl)cc(F)cc1CC(C)(C)N. The first-order valence-corrected chi connectivity index (χ1v) is 5.02. The molecule has 15 heavy (non-hydrogen) atoms. The molecule has 1 aromatic rings. The van der Waals surface area contributed by atoms with E-state index in [1.807, 2.05) is 13.8 Å². The van der Waals surface area contributed by atoms with E-state index in [1.165, 1.54) is 19.2 Å². The zero-order chi connectivity index (χ0) is 11.6. The van der Waals surface area contributed by atoms with Crippen molar-refractivity contribution >= 4 is 11.6 Å². The zero-order valence-corrected chi connectivity index (χ0v) is 9.86. The molecule has 0 radical (unpaired) electrons. The fourth-order valence-electron chi connectivity index (χ4n) is 1.46. The molecule has 0 heterocycles. The molecule has 1 aromatic carbocycles. The molecule has 0 aliphatic heterocycles. The second kappa shape index (κ2) is 4.37. The lowest BCUT2D eigenvalue weighted by Crippen LogP contribution is -2.34. The van der Waals surface area contributed by atoms with Gasteiger partial charge in [0.05, 0.1) is 12.1 Å². The zero-order valence-electron chi connectivity index (χ0n) is 9.10. The second-order valence-corrected chi connectivity index (χ2v) is 4.65. The second-order valence-electron chi connectivity index (χ2n) is 4.25. The highest BCUT2D eigenvalue weighted by Crippen LogP contribution is 2.31. The molecule has 0 aromatic heterocycles. The van der Waals surface area contributed by atoms with Gasteiger partial charge in [0.15, 0.2) is 0 Å². The molecule has 84 valence electrons. The van der Waals surface area contributed by atoms with Crippen LogP contribution in [-0.4, -0.2) is 12.6 Å². The highest BCUT2D eigenvalue weighted by Gasteiger charge is 2.17. The van der Waals surface area contributed by atoms with Crippen molar-refractivity contribution in [2.45, 2.75) is 25.8 Å². The summed E-state index contributed by atoms with van der Waals surface area (Å²) in [6.45, 7) is 3.73. The Morgan fingerprint density at radius 2 is 2.07 bits per heavy atom. The van der Waals surface area contributed by atoms with E-state index in [1.54, 1.807) is 0 Å². The fraction of sp³-hybridized carbons (Fsp3) is 0.455. The summed E-state index contributed by atoms with van der Waals surface area (Å²) in [5.41, 5.74) is 6.13. The first-order valence-electron chi connectivity index (χ1n) is 4.64. The molecule has 1 rings (SSSR count). The predicted octanol–water partition coefficient (Wildman–Crippen LogP) is 2.77. The molecule has 0 fully saturated rings. The van der Waals surface area contributed by atoms with Crippen LogP contribution in [0, 0.1) is 5.82 Å². The van der Waals surface area contributed by atoms with E-state index < -0.39 is 5.54 Å². The molecule has 2 nitrogen and oxygen atoms in total. The van der Waals surface area contributed by atoms with Crippen LogP contribution in [0.15, 0.2) is 12.1 Å². The Morgan fingerprint density at radius 3 is 2.53 bits per heavy atom. The molecule has 0 aliphatic rings. The van der Waals surface area contributed by atoms with Crippen LogP contribution in [0.5, 0.6) is 5.75 Å². The van der Waals surface area contributed by atoms with Crippen molar-refractivity contribution in [1.82, 2.24) is 0 Å². The molecular formula is C11H15ClFNO. The standard InChI is InChI=1S/C11H15ClFNO/c1-11(2,14)6-7-4-8(13)5-9(12)10(7)15-3/h4-5H,6,14H2,1-3H3. The maximum absolute atomic E-state index is 13.1. The minimum absolute atomic E-state index is 0.275. The number of halogens is 2. The molecule has 0 saturated heterocycles. The molecule has 2 N–H and O–H groups in total. The maximum Gasteiger partial charge on any atom is 0.140 e. The smallest absolute Gasteiger partial charge is 0.140 e. The van der Waals surface area contributed by atoms with E-state index in [-0.39, 0.29) is 10.8 Å². The van der Waals surface area contributed by atoms with Gasteiger partial charge in [-0.25, -0.2) is 4.39 Å². The lowest BCUT2D eigenvalue weighted by atomic mass is 9.95. The molecule has 0 aliphatic carbocycles. The number of hydrogen-bond acceptors (Lipinski definition) is 2. The predicted molar refractivity (Wildman–Crippen MR) is 59.9 cm³/mol. The van der Waals surface area contributed by atoms with Crippen molar-refractivity contribution in [2.75, 3.05) is 7.11 Å². The van der Waals surface area contributed by atoms with Crippen molar-refractivity contribution in [1.29, 1.82) is 0 Å². The van der Waals surface area contributed by atoms with Crippen LogP contribution in [0.2, 0.25) is 5.02 Å². The van der Waals surface area contributed by atoms with Crippen molar-refractivity contribution in [3.63, 3.8) is 0 Å². The minimum Gasteiger partial charge on any atom is -0.495 e. The number of nitrogens with two attached hydrogens (primary N) is 1. The molecule has 4 heteroatoms. The highest BCUT2D eigenvalue weighted by molar-refractivity contribution is 6.32. The Kier molecular flexibility index (Phi) is 3.58. The van der Waals surface area contributed by atoms with E-state index in [2.05, 4.69) is 0 Å². The van der Waals surface area contributed by atoms with Gasteiger partial charge in [-0.2, -0.15) is 0 Å². The third-order valence-electron chi connectivity index (χ3n) is 1.94. The monoisotopic (exact) mass is 231 g/mol. The van der Waals surface area contributed by atoms with Gasteiger partial charge in [0.2, 0.25) is 0 Å². The molecule has 0 bridgehead atoms.